The summed E-state index contributed by atoms with van der Waals surface area (Å²) in [5, 5.41) is 17.4. The van der Waals surface area contributed by atoms with E-state index >= 15 is 0 Å². The Bertz CT molecular complexity index is 2370. The Morgan fingerprint density at radius 3 is 2.12 bits per heavy atom. The van der Waals surface area contributed by atoms with Crippen LogP contribution in [0.15, 0.2) is 82.0 Å². The zero-order valence-corrected chi connectivity index (χ0v) is 26.3. The maximum absolute atomic E-state index is 6.03. The zero-order valence-electron chi connectivity index (χ0n) is 25.5. The lowest BCUT2D eigenvalue weighted by Gasteiger charge is -2.05. The molecule has 1 aromatic carbocycles. The number of hydrogen-bond donors (Lipinski definition) is 2. The molecule has 240 valence electrons. The minimum atomic E-state index is 0.121. The van der Waals surface area contributed by atoms with Gasteiger partial charge in [-0.05, 0) is 55.0 Å². The van der Waals surface area contributed by atoms with Gasteiger partial charge in [-0.1, -0.05) is 34.2 Å². The minimum Gasteiger partial charge on any atom is -0.497 e. The summed E-state index contributed by atoms with van der Waals surface area (Å²) in [6.45, 7) is 2.72. The number of nitrogens with two attached hydrogens (primary N) is 2. The number of methoxy groups -OCH3 is 1. The van der Waals surface area contributed by atoms with Gasteiger partial charge in [0.25, 0.3) is 0 Å². The third kappa shape index (κ3) is 6.19. The molecule has 4 N–H and O–H groups in total. The van der Waals surface area contributed by atoms with E-state index < -0.39 is 0 Å². The number of nitrogens with zero attached hydrogens (tertiary/aromatic N) is 11. The molecule has 8 rings (SSSR count). The number of nitrogen functional groups attached to an aromatic ring is 2. The molecule has 0 bridgehead atoms. The van der Waals surface area contributed by atoms with E-state index in [1.807, 2.05) is 49.4 Å². The maximum atomic E-state index is 6.03. The number of hydrogen-bond acceptors (Lipinski definition) is 14. The van der Waals surface area contributed by atoms with Crippen LogP contribution in [0.4, 0.5) is 11.9 Å². The zero-order chi connectivity index (χ0) is 33.2. The second-order valence-corrected chi connectivity index (χ2v) is 10.8. The highest BCUT2D eigenvalue weighted by Crippen LogP contribution is 2.28. The van der Waals surface area contributed by atoms with Crippen LogP contribution in [0, 0.1) is 6.92 Å². The first kappa shape index (κ1) is 30.2. The first-order valence-electron chi connectivity index (χ1n) is 14.4. The van der Waals surface area contributed by atoms with Crippen molar-refractivity contribution in [3.63, 3.8) is 0 Å². The lowest BCUT2D eigenvalue weighted by Crippen LogP contribution is -2.06. The largest absolute Gasteiger partial charge is 0.497 e. The van der Waals surface area contributed by atoms with Gasteiger partial charge in [-0.2, -0.15) is 9.97 Å². The van der Waals surface area contributed by atoms with Gasteiger partial charge >= 0.3 is 0 Å². The van der Waals surface area contributed by atoms with Crippen molar-refractivity contribution < 1.29 is 13.6 Å². The van der Waals surface area contributed by atoms with Crippen molar-refractivity contribution in [1.82, 2.24) is 54.9 Å². The van der Waals surface area contributed by atoms with Crippen molar-refractivity contribution in [2.45, 2.75) is 20.0 Å². The van der Waals surface area contributed by atoms with Crippen molar-refractivity contribution in [2.75, 3.05) is 18.6 Å². The van der Waals surface area contributed by atoms with E-state index in [2.05, 4.69) is 45.5 Å². The highest BCUT2D eigenvalue weighted by Gasteiger charge is 2.19. The number of aryl methyl sites for hydroxylation is 1. The summed E-state index contributed by atoms with van der Waals surface area (Å²) < 4.78 is 19.5. The lowest BCUT2D eigenvalue weighted by atomic mass is 10.2. The maximum Gasteiger partial charge on any atom is 0.222 e. The minimum absolute atomic E-state index is 0.121. The summed E-state index contributed by atoms with van der Waals surface area (Å²) in [6.07, 6.45) is 3.23. The van der Waals surface area contributed by atoms with E-state index in [9.17, 15) is 0 Å². The van der Waals surface area contributed by atoms with Crippen LogP contribution in [0.1, 0.15) is 17.0 Å². The smallest absolute Gasteiger partial charge is 0.222 e. The van der Waals surface area contributed by atoms with Crippen molar-refractivity contribution in [2.24, 2.45) is 0 Å². The molecule has 0 unspecified atom stereocenters. The number of aromatic nitrogens is 11. The topological polar surface area (TPSA) is 213 Å². The number of pyridine rings is 1. The first-order chi connectivity index (χ1) is 23.3. The quantitative estimate of drug-likeness (QED) is 0.239. The van der Waals surface area contributed by atoms with E-state index in [-0.39, 0.29) is 11.9 Å². The van der Waals surface area contributed by atoms with Crippen LogP contribution >= 0.6 is 11.6 Å². The highest BCUT2D eigenvalue weighted by atomic mass is 35.5. The Morgan fingerprint density at radius 1 is 0.792 bits per heavy atom. The number of ether oxygens (including phenoxy) is 1. The van der Waals surface area contributed by atoms with E-state index in [0.717, 1.165) is 22.8 Å². The fourth-order valence-corrected chi connectivity index (χ4v) is 5.12. The number of halogens is 1. The van der Waals surface area contributed by atoms with E-state index in [1.54, 1.807) is 47.1 Å². The van der Waals surface area contributed by atoms with Gasteiger partial charge in [-0.15, -0.1) is 10.2 Å². The van der Waals surface area contributed by atoms with Gasteiger partial charge in [-0.25, -0.2) is 19.3 Å². The molecule has 48 heavy (non-hydrogen) atoms. The summed E-state index contributed by atoms with van der Waals surface area (Å²) in [5.74, 6) is 2.90. The van der Waals surface area contributed by atoms with Crippen LogP contribution in [0.2, 0.25) is 5.02 Å². The molecule has 0 saturated heterocycles. The van der Waals surface area contributed by atoms with Gasteiger partial charge in [0.1, 0.15) is 22.9 Å². The van der Waals surface area contributed by atoms with Crippen LogP contribution in [-0.4, -0.2) is 62.0 Å². The molecule has 0 saturated carbocycles. The van der Waals surface area contributed by atoms with Crippen molar-refractivity contribution in [1.29, 1.82) is 0 Å². The predicted octanol–water partition coefficient (Wildman–Crippen LogP) is 4.59. The number of anilines is 2. The number of benzene rings is 1. The Balaban J connectivity index is 0.000000152. The normalized spacial score (nSPS) is 11.1. The summed E-state index contributed by atoms with van der Waals surface area (Å²) in [7, 11) is 1.60. The summed E-state index contributed by atoms with van der Waals surface area (Å²) >= 11 is 6.03. The molecular weight excluding hydrogens is 638 g/mol. The fraction of sp³-hybridized carbons (Fsp3) is 0.129. The SMILES string of the molecule is COc1ccnc(Cn2nnc3c(-c4ccco4)nc(N)nc32)c1.Cc1ccc(-c2nc(N)nc3c2nnn3Cc2cccc(Cl)c2)o1. The Labute approximate surface area is 276 Å². The number of furan rings is 2. The Morgan fingerprint density at radius 2 is 1.50 bits per heavy atom. The molecule has 0 aliphatic heterocycles. The van der Waals surface area contributed by atoms with Gasteiger partial charge in [0.2, 0.25) is 11.9 Å². The number of fused-ring (bicyclic) bond motifs is 2. The van der Waals surface area contributed by atoms with Crippen LogP contribution in [-0.2, 0) is 13.1 Å². The van der Waals surface area contributed by atoms with Gasteiger partial charge in [0.05, 0.1) is 32.2 Å². The molecule has 0 amide bonds. The Hall–Kier alpha value is -6.42. The molecule has 7 aromatic heterocycles. The molecular formula is C31H26ClN13O3. The van der Waals surface area contributed by atoms with Gasteiger partial charge in [0, 0.05) is 17.3 Å². The van der Waals surface area contributed by atoms with E-state index in [1.165, 1.54) is 0 Å². The van der Waals surface area contributed by atoms with Crippen LogP contribution in [0.5, 0.6) is 5.75 Å². The first-order valence-corrected chi connectivity index (χ1v) is 14.8. The molecule has 0 fully saturated rings. The molecule has 16 nitrogen and oxygen atoms in total. The van der Waals surface area contributed by atoms with Crippen molar-refractivity contribution in [3.05, 3.63) is 95.2 Å². The second kappa shape index (κ2) is 12.8. The second-order valence-electron chi connectivity index (χ2n) is 10.4. The molecule has 0 radical (unpaired) electrons. The van der Waals surface area contributed by atoms with Crippen LogP contribution in [0.25, 0.3) is 45.2 Å². The van der Waals surface area contributed by atoms with Crippen LogP contribution < -0.4 is 16.2 Å². The molecule has 17 heteroatoms. The molecule has 8 aromatic rings. The third-order valence-electron chi connectivity index (χ3n) is 7.05. The monoisotopic (exact) mass is 663 g/mol. The fourth-order valence-electron chi connectivity index (χ4n) is 4.91. The summed E-state index contributed by atoms with van der Waals surface area (Å²) in [4.78, 5) is 21.3. The molecule has 0 atom stereocenters. The molecule has 0 aliphatic carbocycles. The summed E-state index contributed by atoms with van der Waals surface area (Å²) in [6, 6.07) is 18.4. The van der Waals surface area contributed by atoms with Gasteiger partial charge < -0.3 is 25.0 Å². The van der Waals surface area contributed by atoms with E-state index in [4.69, 9.17) is 36.6 Å². The van der Waals surface area contributed by atoms with Gasteiger partial charge in [-0.3, -0.25) is 4.98 Å². The molecule has 0 spiro atoms. The van der Waals surface area contributed by atoms with Crippen LogP contribution in [0.3, 0.4) is 0 Å². The predicted molar refractivity (Wildman–Crippen MR) is 176 cm³/mol. The van der Waals surface area contributed by atoms with Gasteiger partial charge in [0.15, 0.2) is 33.8 Å². The van der Waals surface area contributed by atoms with E-state index in [0.29, 0.717) is 63.3 Å². The standard InChI is InChI=1S/C16H13ClN6O.C15H13N7O2/c1-9-5-6-12(24-9)13-14-15(20-16(18)19-13)23(22-21-14)8-10-3-2-4-11(17)7-10;1-23-10-4-5-17-9(7-10)8-22-14-13(20-21-22)12(18-15(16)19-14)11-3-2-6-24-11/h2-7H,8H2,1H3,(H2,18,19,20);2-7H,8H2,1H3,(H2,16,18,19). The average molecular weight is 664 g/mol. The summed E-state index contributed by atoms with van der Waals surface area (Å²) in [5.41, 5.74) is 16.6. The number of rotatable bonds is 7. The average Bonchev–Trinajstić information content (AvgIpc) is 3.90. The third-order valence-corrected chi connectivity index (χ3v) is 7.28. The molecule has 0 aliphatic rings. The Kier molecular flexibility index (Phi) is 8.04. The highest BCUT2D eigenvalue weighted by molar-refractivity contribution is 6.30. The van der Waals surface area contributed by atoms with Crippen molar-refractivity contribution >= 4 is 45.8 Å². The molecule has 7 heterocycles. The lowest BCUT2D eigenvalue weighted by molar-refractivity contribution is 0.413. The van der Waals surface area contributed by atoms with Crippen molar-refractivity contribution in [3.8, 4) is 28.7 Å².